The third-order valence-electron chi connectivity index (χ3n) is 3.16. The van der Waals surface area contributed by atoms with Crippen molar-refractivity contribution >= 4 is 10.9 Å². The molecule has 0 aliphatic heterocycles. The number of para-hydroxylation sites is 1. The summed E-state index contributed by atoms with van der Waals surface area (Å²) in [4.78, 5) is 4.36. The van der Waals surface area contributed by atoms with Crippen molar-refractivity contribution in [1.82, 2.24) is 4.98 Å². The molecular formula is C17H11FN2O. The van der Waals surface area contributed by atoms with Crippen molar-refractivity contribution in [2.45, 2.75) is 6.92 Å². The number of hydrogen-bond donors (Lipinski definition) is 0. The maximum absolute atomic E-state index is 13.3. The summed E-state index contributed by atoms with van der Waals surface area (Å²) in [7, 11) is 0. The van der Waals surface area contributed by atoms with Crippen LogP contribution in [0.4, 0.5) is 4.39 Å². The van der Waals surface area contributed by atoms with Crippen LogP contribution < -0.4 is 4.74 Å². The number of pyridine rings is 1. The molecule has 1 aromatic heterocycles. The molecule has 0 saturated carbocycles. The summed E-state index contributed by atoms with van der Waals surface area (Å²) in [6.07, 6.45) is 0. The fourth-order valence-electron chi connectivity index (χ4n) is 2.10. The Morgan fingerprint density at radius 3 is 2.71 bits per heavy atom. The standard InChI is InChI=1S/C17H11FN2O/c1-11-8-13(6-7-15(11)18)21-17-9-12(10-19)14-4-2-3-5-16(14)20-17/h2-9H,1H3. The van der Waals surface area contributed by atoms with E-state index in [2.05, 4.69) is 11.1 Å². The Morgan fingerprint density at radius 2 is 1.95 bits per heavy atom. The highest BCUT2D eigenvalue weighted by atomic mass is 19.1. The SMILES string of the molecule is Cc1cc(Oc2cc(C#N)c3ccccc3n2)ccc1F. The molecule has 0 aliphatic carbocycles. The Balaban J connectivity index is 2.04. The molecule has 21 heavy (non-hydrogen) atoms. The van der Waals surface area contributed by atoms with E-state index in [0.717, 1.165) is 5.39 Å². The zero-order valence-corrected chi connectivity index (χ0v) is 11.3. The van der Waals surface area contributed by atoms with Gasteiger partial charge in [-0.15, -0.1) is 0 Å². The van der Waals surface area contributed by atoms with Gasteiger partial charge in [-0.05, 0) is 36.8 Å². The lowest BCUT2D eigenvalue weighted by Gasteiger charge is -2.08. The molecule has 3 rings (SSSR count). The molecule has 0 fully saturated rings. The summed E-state index contributed by atoms with van der Waals surface area (Å²) in [5.41, 5.74) is 1.67. The number of aromatic nitrogens is 1. The average Bonchev–Trinajstić information content (AvgIpc) is 2.50. The molecular weight excluding hydrogens is 267 g/mol. The summed E-state index contributed by atoms with van der Waals surface area (Å²) in [6.45, 7) is 1.66. The average molecular weight is 278 g/mol. The van der Waals surface area contributed by atoms with Crippen molar-refractivity contribution in [2.75, 3.05) is 0 Å². The number of aryl methyl sites for hydroxylation is 1. The van der Waals surface area contributed by atoms with E-state index in [1.807, 2.05) is 24.3 Å². The maximum Gasteiger partial charge on any atom is 0.221 e. The zero-order chi connectivity index (χ0) is 14.8. The second-order valence-corrected chi connectivity index (χ2v) is 4.65. The number of ether oxygens (including phenoxy) is 1. The Morgan fingerprint density at radius 1 is 1.14 bits per heavy atom. The summed E-state index contributed by atoms with van der Waals surface area (Å²) in [5.74, 6) is 0.517. The second kappa shape index (κ2) is 5.22. The molecule has 0 bridgehead atoms. The van der Waals surface area contributed by atoms with E-state index in [1.54, 1.807) is 19.1 Å². The van der Waals surface area contributed by atoms with E-state index in [-0.39, 0.29) is 5.82 Å². The van der Waals surface area contributed by atoms with Crippen LogP contribution >= 0.6 is 0 Å². The lowest BCUT2D eigenvalue weighted by molar-refractivity contribution is 0.462. The van der Waals surface area contributed by atoms with Crippen LogP contribution in [-0.4, -0.2) is 4.98 Å². The molecule has 102 valence electrons. The normalized spacial score (nSPS) is 10.3. The van der Waals surface area contributed by atoms with Gasteiger partial charge in [0.25, 0.3) is 0 Å². The van der Waals surface area contributed by atoms with Gasteiger partial charge in [0.1, 0.15) is 17.6 Å². The fraction of sp³-hybridized carbons (Fsp3) is 0.0588. The minimum Gasteiger partial charge on any atom is -0.439 e. The smallest absolute Gasteiger partial charge is 0.221 e. The third-order valence-corrected chi connectivity index (χ3v) is 3.16. The van der Waals surface area contributed by atoms with Crippen molar-refractivity contribution < 1.29 is 9.13 Å². The van der Waals surface area contributed by atoms with Crippen molar-refractivity contribution in [3.8, 4) is 17.7 Å². The number of nitrogens with zero attached hydrogens (tertiary/aromatic N) is 2. The predicted octanol–water partition coefficient (Wildman–Crippen LogP) is 4.35. The molecule has 3 aromatic rings. The van der Waals surface area contributed by atoms with Crippen molar-refractivity contribution in [3.63, 3.8) is 0 Å². The number of benzene rings is 2. The highest BCUT2D eigenvalue weighted by molar-refractivity contribution is 5.85. The van der Waals surface area contributed by atoms with Gasteiger partial charge in [-0.2, -0.15) is 5.26 Å². The van der Waals surface area contributed by atoms with E-state index in [0.29, 0.717) is 28.3 Å². The zero-order valence-electron chi connectivity index (χ0n) is 11.3. The first-order valence-electron chi connectivity index (χ1n) is 6.41. The molecule has 0 spiro atoms. The second-order valence-electron chi connectivity index (χ2n) is 4.65. The van der Waals surface area contributed by atoms with Gasteiger partial charge in [-0.25, -0.2) is 9.37 Å². The maximum atomic E-state index is 13.3. The lowest BCUT2D eigenvalue weighted by Crippen LogP contribution is -1.92. The van der Waals surface area contributed by atoms with Crippen molar-refractivity contribution in [3.05, 3.63) is 65.5 Å². The van der Waals surface area contributed by atoms with E-state index in [1.165, 1.54) is 12.1 Å². The number of fused-ring (bicyclic) bond motifs is 1. The minimum absolute atomic E-state index is 0.286. The molecule has 1 heterocycles. The molecule has 4 heteroatoms. The van der Waals surface area contributed by atoms with Gasteiger partial charge < -0.3 is 4.74 Å². The van der Waals surface area contributed by atoms with Crippen molar-refractivity contribution in [2.24, 2.45) is 0 Å². The topological polar surface area (TPSA) is 45.9 Å². The molecule has 0 unspecified atom stereocenters. The van der Waals surface area contributed by atoms with Crippen LogP contribution in [0, 0.1) is 24.1 Å². The largest absolute Gasteiger partial charge is 0.439 e. The predicted molar refractivity (Wildman–Crippen MR) is 77.7 cm³/mol. The summed E-state index contributed by atoms with van der Waals surface area (Å²) >= 11 is 0. The van der Waals surface area contributed by atoms with Gasteiger partial charge in [0, 0.05) is 11.5 Å². The van der Waals surface area contributed by atoms with E-state index in [9.17, 15) is 9.65 Å². The van der Waals surface area contributed by atoms with Crippen LogP contribution in [0.1, 0.15) is 11.1 Å². The summed E-state index contributed by atoms with van der Waals surface area (Å²) in [5, 5.41) is 10.0. The van der Waals surface area contributed by atoms with E-state index >= 15 is 0 Å². The van der Waals surface area contributed by atoms with Gasteiger partial charge in [-0.1, -0.05) is 18.2 Å². The number of rotatable bonds is 2. The van der Waals surface area contributed by atoms with Crippen LogP contribution in [-0.2, 0) is 0 Å². The Kier molecular flexibility index (Phi) is 3.25. The van der Waals surface area contributed by atoms with Crippen LogP contribution in [0.25, 0.3) is 10.9 Å². The first-order valence-corrected chi connectivity index (χ1v) is 6.41. The third kappa shape index (κ3) is 2.54. The summed E-state index contributed by atoms with van der Waals surface area (Å²) in [6, 6.07) is 15.6. The Labute approximate surface area is 121 Å². The van der Waals surface area contributed by atoms with Gasteiger partial charge in [0.15, 0.2) is 0 Å². The quantitative estimate of drug-likeness (QED) is 0.700. The van der Waals surface area contributed by atoms with Gasteiger partial charge >= 0.3 is 0 Å². The fourth-order valence-corrected chi connectivity index (χ4v) is 2.10. The molecule has 0 aliphatic rings. The van der Waals surface area contributed by atoms with Crippen LogP contribution in [0.15, 0.2) is 48.5 Å². The molecule has 0 amide bonds. The van der Waals surface area contributed by atoms with E-state index in [4.69, 9.17) is 4.74 Å². The first kappa shape index (κ1) is 13.1. The molecule has 0 saturated heterocycles. The molecule has 0 atom stereocenters. The van der Waals surface area contributed by atoms with Crippen LogP contribution in [0.5, 0.6) is 11.6 Å². The van der Waals surface area contributed by atoms with Gasteiger partial charge in [0.2, 0.25) is 5.88 Å². The Bertz CT molecular complexity index is 868. The van der Waals surface area contributed by atoms with E-state index < -0.39 is 0 Å². The molecule has 3 nitrogen and oxygen atoms in total. The highest BCUT2D eigenvalue weighted by Crippen LogP contribution is 2.26. The Hall–Kier alpha value is -2.93. The lowest BCUT2D eigenvalue weighted by atomic mass is 10.1. The van der Waals surface area contributed by atoms with Crippen molar-refractivity contribution in [1.29, 1.82) is 5.26 Å². The first-order chi connectivity index (χ1) is 10.2. The minimum atomic E-state index is -0.286. The number of halogens is 1. The summed E-state index contributed by atoms with van der Waals surface area (Å²) < 4.78 is 18.9. The van der Waals surface area contributed by atoms with Gasteiger partial charge in [-0.3, -0.25) is 0 Å². The monoisotopic (exact) mass is 278 g/mol. The molecule has 0 radical (unpaired) electrons. The van der Waals surface area contributed by atoms with Crippen LogP contribution in [0.3, 0.4) is 0 Å². The molecule has 0 N–H and O–H groups in total. The highest BCUT2D eigenvalue weighted by Gasteiger charge is 2.08. The van der Waals surface area contributed by atoms with Crippen LogP contribution in [0.2, 0.25) is 0 Å². The number of nitriles is 1. The molecule has 2 aromatic carbocycles. The van der Waals surface area contributed by atoms with Gasteiger partial charge in [0.05, 0.1) is 11.1 Å². The number of hydrogen-bond acceptors (Lipinski definition) is 3.